The van der Waals surface area contributed by atoms with E-state index < -0.39 is 5.97 Å². The van der Waals surface area contributed by atoms with Crippen LogP contribution in [0.3, 0.4) is 0 Å². The molecule has 1 heterocycles. The van der Waals surface area contributed by atoms with E-state index in [1.807, 2.05) is 13.0 Å². The van der Waals surface area contributed by atoms with Gasteiger partial charge in [-0.2, -0.15) is 0 Å². The molecule has 0 bridgehead atoms. The summed E-state index contributed by atoms with van der Waals surface area (Å²) in [6, 6.07) is 14.6. The molecule has 0 radical (unpaired) electrons. The number of carboxylic acids is 1. The van der Waals surface area contributed by atoms with Gasteiger partial charge in [0.15, 0.2) is 0 Å². The SMILES string of the molecule is CON=C(C)CCCOc1cc(C)c(-c2cccc(COc3cc4c(cn3)C3C(C4)C3C(=O)O)c2)c(C)c1. The fourth-order valence-electron chi connectivity index (χ4n) is 5.84. The molecule has 0 aliphatic heterocycles. The Morgan fingerprint density at radius 2 is 1.92 bits per heavy atom. The Morgan fingerprint density at radius 3 is 2.66 bits per heavy atom. The fourth-order valence-corrected chi connectivity index (χ4v) is 5.84. The molecule has 198 valence electrons. The van der Waals surface area contributed by atoms with Crippen LogP contribution in [0.4, 0.5) is 0 Å². The summed E-state index contributed by atoms with van der Waals surface area (Å²) in [5.74, 6) is 0.872. The topological polar surface area (TPSA) is 90.2 Å². The molecule has 0 saturated heterocycles. The molecule has 7 heteroatoms. The maximum absolute atomic E-state index is 11.3. The largest absolute Gasteiger partial charge is 0.494 e. The van der Waals surface area contributed by atoms with Crippen LogP contribution in [0.15, 0.2) is 53.8 Å². The van der Waals surface area contributed by atoms with Crippen LogP contribution >= 0.6 is 0 Å². The number of ether oxygens (including phenoxy) is 2. The van der Waals surface area contributed by atoms with E-state index in [1.165, 1.54) is 11.1 Å². The van der Waals surface area contributed by atoms with Crippen molar-refractivity contribution < 1.29 is 24.2 Å². The molecule has 3 atom stereocenters. The van der Waals surface area contributed by atoms with Crippen molar-refractivity contribution in [3.8, 4) is 22.8 Å². The van der Waals surface area contributed by atoms with Crippen molar-refractivity contribution in [1.29, 1.82) is 0 Å². The number of nitrogens with zero attached hydrogens (tertiary/aromatic N) is 2. The summed E-state index contributed by atoms with van der Waals surface area (Å²) in [7, 11) is 1.56. The number of carboxylic acid groups (broad SMARTS) is 1. The summed E-state index contributed by atoms with van der Waals surface area (Å²) in [6.07, 6.45) is 4.32. The Balaban J connectivity index is 1.21. The molecule has 0 amide bonds. The number of hydrogen-bond donors (Lipinski definition) is 1. The van der Waals surface area contributed by atoms with Gasteiger partial charge in [-0.3, -0.25) is 4.79 Å². The third-order valence-corrected chi connectivity index (χ3v) is 7.58. The summed E-state index contributed by atoms with van der Waals surface area (Å²) in [5.41, 5.74) is 8.92. The van der Waals surface area contributed by atoms with E-state index in [-0.39, 0.29) is 17.8 Å². The minimum absolute atomic E-state index is 0.128. The minimum Gasteiger partial charge on any atom is -0.494 e. The normalized spacial score (nSPS) is 19.5. The molecule has 1 fully saturated rings. The van der Waals surface area contributed by atoms with E-state index in [0.717, 1.165) is 58.5 Å². The van der Waals surface area contributed by atoms with Gasteiger partial charge in [-0.25, -0.2) is 4.98 Å². The predicted octanol–water partition coefficient (Wildman–Crippen LogP) is 6.10. The first-order valence-electron chi connectivity index (χ1n) is 13.1. The highest BCUT2D eigenvalue weighted by Crippen LogP contribution is 2.61. The Morgan fingerprint density at radius 1 is 1.13 bits per heavy atom. The zero-order chi connectivity index (χ0) is 26.8. The number of aryl methyl sites for hydroxylation is 2. The average molecular weight is 515 g/mol. The zero-order valence-electron chi connectivity index (χ0n) is 22.4. The molecule has 5 rings (SSSR count). The number of aromatic nitrogens is 1. The molecule has 3 aromatic rings. The van der Waals surface area contributed by atoms with Crippen LogP contribution < -0.4 is 9.47 Å². The van der Waals surface area contributed by atoms with Crippen LogP contribution in [-0.2, 0) is 22.7 Å². The molecule has 7 nitrogen and oxygen atoms in total. The Labute approximate surface area is 223 Å². The van der Waals surface area contributed by atoms with Crippen molar-refractivity contribution in [2.45, 2.75) is 52.6 Å². The van der Waals surface area contributed by atoms with Crippen LogP contribution in [0.2, 0.25) is 0 Å². The van der Waals surface area contributed by atoms with Gasteiger partial charge in [-0.15, -0.1) is 0 Å². The van der Waals surface area contributed by atoms with Gasteiger partial charge in [0.1, 0.15) is 19.5 Å². The standard InChI is InChI=1S/C31H34N2O5/c1-18-11-24(37-10-6-7-20(3)33-36-4)12-19(2)28(18)22-9-5-8-21(13-22)17-38-27-15-23-14-25-29(26(23)16-32-27)30(25)31(34)35/h5,8-9,11-13,15-16,25,29-30H,6-7,10,14,17H2,1-4H3,(H,34,35). The molecule has 1 N–H and O–H groups in total. The monoisotopic (exact) mass is 514 g/mol. The summed E-state index contributed by atoms with van der Waals surface area (Å²) < 4.78 is 12.0. The van der Waals surface area contributed by atoms with Crippen LogP contribution in [0.25, 0.3) is 11.1 Å². The van der Waals surface area contributed by atoms with Gasteiger partial charge in [0.25, 0.3) is 0 Å². The van der Waals surface area contributed by atoms with Gasteiger partial charge in [0.2, 0.25) is 5.88 Å². The van der Waals surface area contributed by atoms with Crippen molar-refractivity contribution in [3.05, 3.63) is 76.5 Å². The lowest BCUT2D eigenvalue weighted by molar-refractivity contribution is -0.139. The minimum atomic E-state index is -0.697. The van der Waals surface area contributed by atoms with Gasteiger partial charge in [-0.1, -0.05) is 23.4 Å². The molecule has 2 aromatic carbocycles. The first kappa shape index (κ1) is 25.8. The van der Waals surface area contributed by atoms with Crippen LogP contribution in [0, 0.1) is 25.7 Å². The molecular formula is C31H34N2O5. The Bertz CT molecular complexity index is 1360. The van der Waals surface area contributed by atoms with Crippen molar-refractivity contribution in [3.63, 3.8) is 0 Å². The molecule has 3 unspecified atom stereocenters. The van der Waals surface area contributed by atoms with Gasteiger partial charge in [-0.05, 0) is 103 Å². The maximum Gasteiger partial charge on any atom is 0.307 e. The second-order valence-electron chi connectivity index (χ2n) is 10.4. The van der Waals surface area contributed by atoms with E-state index in [9.17, 15) is 9.90 Å². The highest BCUT2D eigenvalue weighted by Gasteiger charge is 2.59. The number of rotatable bonds is 11. The highest BCUT2D eigenvalue weighted by atomic mass is 16.6. The van der Waals surface area contributed by atoms with Crippen molar-refractivity contribution in [2.75, 3.05) is 13.7 Å². The molecule has 1 aromatic heterocycles. The first-order valence-corrected chi connectivity index (χ1v) is 13.1. The van der Waals surface area contributed by atoms with Crippen molar-refractivity contribution in [2.24, 2.45) is 17.0 Å². The van der Waals surface area contributed by atoms with Crippen molar-refractivity contribution in [1.82, 2.24) is 4.98 Å². The lowest BCUT2D eigenvalue weighted by atomic mass is 9.94. The molecule has 38 heavy (non-hydrogen) atoms. The van der Waals surface area contributed by atoms with Crippen LogP contribution in [-0.4, -0.2) is 35.5 Å². The summed E-state index contributed by atoms with van der Waals surface area (Å²) in [6.45, 7) is 7.21. The third kappa shape index (κ3) is 5.37. The van der Waals surface area contributed by atoms with E-state index in [1.54, 1.807) is 13.3 Å². The second-order valence-corrected chi connectivity index (χ2v) is 10.4. The molecule has 2 aliphatic rings. The number of fused-ring (bicyclic) bond motifs is 3. The average Bonchev–Trinajstić information content (AvgIpc) is 3.48. The lowest BCUT2D eigenvalue weighted by Gasteiger charge is -2.15. The zero-order valence-corrected chi connectivity index (χ0v) is 22.4. The fraction of sp³-hybridized carbons (Fsp3) is 0.387. The van der Waals surface area contributed by atoms with E-state index >= 15 is 0 Å². The van der Waals surface area contributed by atoms with E-state index in [2.05, 4.69) is 60.4 Å². The number of pyridine rings is 1. The Kier molecular flexibility index (Phi) is 7.36. The number of oxime groups is 1. The Hall–Kier alpha value is -3.87. The predicted molar refractivity (Wildman–Crippen MR) is 146 cm³/mol. The summed E-state index contributed by atoms with van der Waals surface area (Å²) >= 11 is 0. The number of hydrogen-bond acceptors (Lipinski definition) is 6. The number of benzene rings is 2. The van der Waals surface area contributed by atoms with Gasteiger partial charge in [0, 0.05) is 18.2 Å². The van der Waals surface area contributed by atoms with E-state index in [4.69, 9.17) is 14.3 Å². The highest BCUT2D eigenvalue weighted by molar-refractivity contribution is 5.81. The molecule has 2 aliphatic carbocycles. The third-order valence-electron chi connectivity index (χ3n) is 7.58. The molecule has 1 saturated carbocycles. The molecule has 0 spiro atoms. The van der Waals surface area contributed by atoms with Crippen LogP contribution in [0.1, 0.15) is 53.5 Å². The van der Waals surface area contributed by atoms with Crippen LogP contribution in [0.5, 0.6) is 11.6 Å². The molecular weight excluding hydrogens is 480 g/mol. The number of carbonyl (C=O) groups is 1. The first-order chi connectivity index (χ1) is 18.4. The summed E-state index contributed by atoms with van der Waals surface area (Å²) in [4.78, 5) is 20.6. The number of aliphatic carboxylic acids is 1. The van der Waals surface area contributed by atoms with E-state index in [0.29, 0.717) is 19.1 Å². The smallest absolute Gasteiger partial charge is 0.307 e. The van der Waals surface area contributed by atoms with Crippen molar-refractivity contribution >= 4 is 11.7 Å². The van der Waals surface area contributed by atoms with Gasteiger partial charge < -0.3 is 19.4 Å². The quantitative estimate of drug-likeness (QED) is 0.189. The van der Waals surface area contributed by atoms with Gasteiger partial charge in [0.05, 0.1) is 18.2 Å². The van der Waals surface area contributed by atoms with Gasteiger partial charge >= 0.3 is 5.97 Å². The lowest BCUT2D eigenvalue weighted by Crippen LogP contribution is -2.06. The maximum atomic E-state index is 11.3. The summed E-state index contributed by atoms with van der Waals surface area (Å²) in [5, 5.41) is 13.3. The second kappa shape index (κ2) is 10.9.